The molecular formula is C14H20ClN3O2. The number of ether oxygens (including phenoxy) is 1. The number of carbonyl (C=O) groups is 1. The molecule has 0 bridgehead atoms. The predicted molar refractivity (Wildman–Crippen MR) is 83.6 cm³/mol. The zero-order valence-corrected chi connectivity index (χ0v) is 12.5. The van der Waals surface area contributed by atoms with Crippen LogP contribution in [0.25, 0.3) is 10.9 Å². The van der Waals surface area contributed by atoms with Crippen molar-refractivity contribution >= 4 is 34.9 Å². The molecule has 0 saturated heterocycles. The molecule has 1 aromatic heterocycles. The van der Waals surface area contributed by atoms with Gasteiger partial charge in [0.05, 0.1) is 18.7 Å². The molecule has 20 heavy (non-hydrogen) atoms. The average molecular weight is 298 g/mol. The normalized spacial score (nSPS) is 10.3. The van der Waals surface area contributed by atoms with Gasteiger partial charge in [-0.1, -0.05) is 6.07 Å². The molecule has 0 unspecified atom stereocenters. The average Bonchev–Trinajstić information content (AvgIpc) is 2.79. The summed E-state index contributed by atoms with van der Waals surface area (Å²) in [6.07, 6.45) is 2.03. The van der Waals surface area contributed by atoms with Gasteiger partial charge in [-0.2, -0.15) is 0 Å². The molecule has 0 radical (unpaired) electrons. The fourth-order valence-electron chi connectivity index (χ4n) is 2.01. The molecule has 2 rings (SSSR count). The number of benzene rings is 1. The number of rotatable bonds is 6. The highest BCUT2D eigenvalue weighted by Crippen LogP contribution is 2.20. The lowest BCUT2D eigenvalue weighted by Gasteiger charge is -2.08. The van der Waals surface area contributed by atoms with E-state index in [1.54, 1.807) is 14.2 Å². The zero-order valence-electron chi connectivity index (χ0n) is 11.7. The molecule has 5 nitrogen and oxygen atoms in total. The Labute approximate surface area is 124 Å². The van der Waals surface area contributed by atoms with Crippen molar-refractivity contribution in [3.05, 3.63) is 30.5 Å². The maximum absolute atomic E-state index is 11.5. The van der Waals surface area contributed by atoms with Crippen LogP contribution in [0.5, 0.6) is 0 Å². The van der Waals surface area contributed by atoms with E-state index in [2.05, 4.69) is 21.3 Å². The van der Waals surface area contributed by atoms with E-state index in [1.165, 1.54) is 0 Å². The summed E-state index contributed by atoms with van der Waals surface area (Å²) in [6.45, 7) is 1.77. The van der Waals surface area contributed by atoms with Crippen LogP contribution in [0.1, 0.15) is 0 Å². The number of halogens is 1. The fraction of sp³-hybridized carbons (Fsp3) is 0.357. The molecule has 6 heteroatoms. The van der Waals surface area contributed by atoms with Gasteiger partial charge in [-0.15, -0.1) is 12.4 Å². The summed E-state index contributed by atoms with van der Waals surface area (Å²) in [5.41, 5.74) is 1.91. The molecule has 0 saturated carbocycles. The first kappa shape index (κ1) is 16.5. The third kappa shape index (κ3) is 3.96. The van der Waals surface area contributed by atoms with Crippen molar-refractivity contribution in [2.24, 2.45) is 0 Å². The lowest BCUT2D eigenvalue weighted by molar-refractivity contribution is -0.115. The van der Waals surface area contributed by atoms with E-state index < -0.39 is 0 Å². The zero-order chi connectivity index (χ0) is 13.7. The highest BCUT2D eigenvalue weighted by Gasteiger charge is 2.04. The Kier molecular flexibility index (Phi) is 6.51. The van der Waals surface area contributed by atoms with E-state index in [9.17, 15) is 4.79 Å². The minimum Gasteiger partial charge on any atom is -0.383 e. The second-order valence-corrected chi connectivity index (χ2v) is 4.35. The van der Waals surface area contributed by atoms with Crippen molar-refractivity contribution in [1.82, 2.24) is 9.88 Å². The summed E-state index contributed by atoms with van der Waals surface area (Å²) >= 11 is 0. The molecule has 0 atom stereocenters. The molecule has 110 valence electrons. The largest absolute Gasteiger partial charge is 0.383 e. The number of likely N-dealkylation sites (N-methyl/N-ethyl adjacent to an activating group) is 1. The number of hydrogen-bond acceptors (Lipinski definition) is 3. The first-order valence-corrected chi connectivity index (χ1v) is 6.27. The summed E-state index contributed by atoms with van der Waals surface area (Å²) in [5.74, 6) is -0.0446. The van der Waals surface area contributed by atoms with E-state index >= 15 is 0 Å². The number of carbonyl (C=O) groups excluding carboxylic acids is 1. The van der Waals surface area contributed by atoms with Gasteiger partial charge in [0.2, 0.25) is 5.91 Å². The molecule has 1 aromatic carbocycles. The van der Waals surface area contributed by atoms with Crippen molar-refractivity contribution in [2.75, 3.05) is 32.6 Å². The monoisotopic (exact) mass is 297 g/mol. The number of nitrogens with one attached hydrogen (secondary N) is 2. The third-order valence-electron chi connectivity index (χ3n) is 2.93. The van der Waals surface area contributed by atoms with Crippen LogP contribution in [0, 0.1) is 0 Å². The number of anilines is 1. The number of aromatic nitrogens is 1. The Morgan fingerprint density at radius 1 is 1.35 bits per heavy atom. The maximum atomic E-state index is 11.5. The number of nitrogens with zero attached hydrogens (tertiary/aromatic N) is 1. The van der Waals surface area contributed by atoms with Crippen LogP contribution in [-0.4, -0.2) is 37.8 Å². The summed E-state index contributed by atoms with van der Waals surface area (Å²) in [7, 11) is 3.44. The van der Waals surface area contributed by atoms with Gasteiger partial charge in [0, 0.05) is 25.5 Å². The van der Waals surface area contributed by atoms with Crippen LogP contribution in [0.4, 0.5) is 5.69 Å². The van der Waals surface area contributed by atoms with Crippen molar-refractivity contribution in [3.63, 3.8) is 0 Å². The van der Waals surface area contributed by atoms with Crippen LogP contribution < -0.4 is 10.6 Å². The first-order valence-electron chi connectivity index (χ1n) is 6.27. The summed E-state index contributed by atoms with van der Waals surface area (Å²) in [4.78, 5) is 11.5. The Hall–Kier alpha value is -1.56. The van der Waals surface area contributed by atoms with E-state index in [4.69, 9.17) is 4.74 Å². The van der Waals surface area contributed by atoms with Crippen LogP contribution in [0.15, 0.2) is 30.5 Å². The van der Waals surface area contributed by atoms with Gasteiger partial charge in [0.25, 0.3) is 0 Å². The molecule has 1 amide bonds. The highest BCUT2D eigenvalue weighted by atomic mass is 35.5. The quantitative estimate of drug-likeness (QED) is 0.856. The standard InChI is InChI=1S/C14H19N3O2.ClH/c1-15-10-14(18)16-12-4-3-11-5-6-17(7-8-19-2)13(11)9-12;/h3-6,9,15H,7-8,10H2,1-2H3,(H,16,18);1H. The van der Waals surface area contributed by atoms with Crippen molar-refractivity contribution < 1.29 is 9.53 Å². The van der Waals surface area contributed by atoms with Crippen LogP contribution in [-0.2, 0) is 16.1 Å². The van der Waals surface area contributed by atoms with E-state index in [0.29, 0.717) is 13.2 Å². The molecule has 2 N–H and O–H groups in total. The number of hydrogen-bond donors (Lipinski definition) is 2. The predicted octanol–water partition coefficient (Wildman–Crippen LogP) is 1.87. The maximum Gasteiger partial charge on any atom is 0.238 e. The van der Waals surface area contributed by atoms with Crippen molar-refractivity contribution in [2.45, 2.75) is 6.54 Å². The van der Waals surface area contributed by atoms with Crippen LogP contribution >= 0.6 is 12.4 Å². The van der Waals surface area contributed by atoms with Gasteiger partial charge in [-0.3, -0.25) is 4.79 Å². The Morgan fingerprint density at radius 2 is 2.15 bits per heavy atom. The van der Waals surface area contributed by atoms with Crippen LogP contribution in [0.3, 0.4) is 0 Å². The lowest BCUT2D eigenvalue weighted by atomic mass is 10.2. The minimum absolute atomic E-state index is 0. The van der Waals surface area contributed by atoms with Crippen LogP contribution in [0.2, 0.25) is 0 Å². The third-order valence-corrected chi connectivity index (χ3v) is 2.93. The van der Waals surface area contributed by atoms with Crippen molar-refractivity contribution in [1.29, 1.82) is 0 Å². The van der Waals surface area contributed by atoms with Gasteiger partial charge in [0.1, 0.15) is 0 Å². The number of fused-ring (bicyclic) bond motifs is 1. The molecular weight excluding hydrogens is 278 g/mol. The number of amides is 1. The van der Waals surface area contributed by atoms with E-state index in [1.807, 2.05) is 24.4 Å². The second-order valence-electron chi connectivity index (χ2n) is 4.35. The molecule has 0 spiro atoms. The molecule has 0 aliphatic carbocycles. The van der Waals surface area contributed by atoms with Gasteiger partial charge in [-0.25, -0.2) is 0 Å². The Balaban J connectivity index is 0.00000200. The molecule has 0 aliphatic heterocycles. The minimum atomic E-state index is -0.0446. The summed E-state index contributed by atoms with van der Waals surface area (Å²) in [5, 5.41) is 6.84. The SMILES string of the molecule is CNCC(=O)Nc1ccc2ccn(CCOC)c2c1.Cl. The number of methoxy groups -OCH3 is 1. The van der Waals surface area contributed by atoms with Gasteiger partial charge in [0.15, 0.2) is 0 Å². The van der Waals surface area contributed by atoms with Gasteiger partial charge >= 0.3 is 0 Å². The Morgan fingerprint density at radius 3 is 2.85 bits per heavy atom. The lowest BCUT2D eigenvalue weighted by Crippen LogP contribution is -2.25. The van der Waals surface area contributed by atoms with Crippen molar-refractivity contribution in [3.8, 4) is 0 Å². The summed E-state index contributed by atoms with van der Waals surface area (Å²) in [6, 6.07) is 7.97. The molecule has 1 heterocycles. The molecule has 0 fully saturated rings. The van der Waals surface area contributed by atoms with E-state index in [0.717, 1.165) is 23.1 Å². The smallest absolute Gasteiger partial charge is 0.238 e. The van der Waals surface area contributed by atoms with Gasteiger partial charge < -0.3 is 19.9 Å². The highest BCUT2D eigenvalue weighted by molar-refractivity contribution is 5.94. The van der Waals surface area contributed by atoms with E-state index in [-0.39, 0.29) is 18.3 Å². The second kappa shape index (κ2) is 7.89. The topological polar surface area (TPSA) is 55.3 Å². The Bertz CT molecular complexity index is 569. The van der Waals surface area contributed by atoms with Gasteiger partial charge in [-0.05, 0) is 30.6 Å². The first-order chi connectivity index (χ1) is 9.24. The molecule has 2 aromatic rings. The summed E-state index contributed by atoms with van der Waals surface area (Å²) < 4.78 is 7.21. The fourth-order valence-corrected chi connectivity index (χ4v) is 2.01. The molecule has 0 aliphatic rings.